The third kappa shape index (κ3) is 2.93. The van der Waals surface area contributed by atoms with E-state index in [9.17, 15) is 4.79 Å². The van der Waals surface area contributed by atoms with E-state index in [1.807, 2.05) is 12.3 Å². The lowest BCUT2D eigenvalue weighted by Gasteiger charge is -2.29. The van der Waals surface area contributed by atoms with Crippen LogP contribution in [0.15, 0.2) is 23.1 Å². The number of aromatic nitrogens is 1. The second-order valence-electron chi connectivity index (χ2n) is 4.28. The molecule has 0 amide bonds. The first kappa shape index (κ1) is 12.0. The maximum Gasteiger partial charge on any atom is 0.247 e. The molecule has 1 heterocycles. The van der Waals surface area contributed by atoms with Gasteiger partial charge in [0.2, 0.25) is 5.56 Å². The first-order valence-electron chi connectivity index (χ1n) is 5.41. The van der Waals surface area contributed by atoms with Gasteiger partial charge < -0.3 is 9.88 Å². The summed E-state index contributed by atoms with van der Waals surface area (Å²) in [5, 5.41) is 0. The van der Waals surface area contributed by atoms with Gasteiger partial charge in [0.1, 0.15) is 0 Å². The molecule has 0 aliphatic carbocycles. The summed E-state index contributed by atoms with van der Waals surface area (Å²) in [6.07, 6.45) is 2.95. The van der Waals surface area contributed by atoms with Gasteiger partial charge in [0.25, 0.3) is 0 Å². The molecule has 0 fully saturated rings. The molecule has 1 aromatic rings. The number of aromatic amines is 1. The van der Waals surface area contributed by atoms with Gasteiger partial charge in [-0.2, -0.15) is 0 Å². The lowest BCUT2D eigenvalue weighted by atomic mass is 9.93. The molecule has 1 rings (SSSR count). The van der Waals surface area contributed by atoms with E-state index in [-0.39, 0.29) is 5.56 Å². The van der Waals surface area contributed by atoms with Gasteiger partial charge in [0.15, 0.2) is 0 Å². The van der Waals surface area contributed by atoms with Crippen LogP contribution in [-0.2, 0) is 0 Å². The predicted octanol–water partition coefficient (Wildman–Crippen LogP) is 2.02. The minimum atomic E-state index is -0.0413. The van der Waals surface area contributed by atoms with E-state index >= 15 is 0 Å². The SMILES string of the molecule is CC[C@@H](C)[C@H](c1ccc(=O)[nH]c1)N(C)C. The van der Waals surface area contributed by atoms with E-state index in [0.29, 0.717) is 12.0 Å². The molecule has 3 heteroatoms. The number of nitrogens with zero attached hydrogens (tertiary/aromatic N) is 1. The van der Waals surface area contributed by atoms with Crippen molar-refractivity contribution in [2.75, 3.05) is 14.1 Å². The fourth-order valence-corrected chi connectivity index (χ4v) is 1.97. The summed E-state index contributed by atoms with van der Waals surface area (Å²) in [5.41, 5.74) is 1.13. The summed E-state index contributed by atoms with van der Waals surface area (Å²) in [6.45, 7) is 4.42. The van der Waals surface area contributed by atoms with E-state index in [1.165, 1.54) is 5.56 Å². The van der Waals surface area contributed by atoms with Gasteiger partial charge in [-0.05, 0) is 25.6 Å². The number of hydrogen-bond acceptors (Lipinski definition) is 2. The van der Waals surface area contributed by atoms with Crippen molar-refractivity contribution >= 4 is 0 Å². The second kappa shape index (κ2) is 5.12. The van der Waals surface area contributed by atoms with Crippen molar-refractivity contribution in [1.29, 1.82) is 0 Å². The number of hydrogen-bond donors (Lipinski definition) is 1. The molecule has 0 spiro atoms. The molecule has 0 aliphatic heterocycles. The summed E-state index contributed by atoms with van der Waals surface area (Å²) >= 11 is 0. The standard InChI is InChI=1S/C12H20N2O/c1-5-9(2)12(14(3)4)10-6-7-11(15)13-8-10/h6-9,12H,5H2,1-4H3,(H,13,15)/t9-,12-/m1/s1. The maximum atomic E-state index is 11.0. The molecule has 0 unspecified atom stereocenters. The van der Waals surface area contributed by atoms with Crippen molar-refractivity contribution in [3.63, 3.8) is 0 Å². The van der Waals surface area contributed by atoms with Crippen LogP contribution in [0.4, 0.5) is 0 Å². The van der Waals surface area contributed by atoms with Gasteiger partial charge in [-0.3, -0.25) is 4.79 Å². The summed E-state index contributed by atoms with van der Waals surface area (Å²) in [6, 6.07) is 3.87. The molecule has 1 aromatic heterocycles. The summed E-state index contributed by atoms with van der Waals surface area (Å²) in [4.78, 5) is 15.9. The quantitative estimate of drug-likeness (QED) is 0.821. The highest BCUT2D eigenvalue weighted by Gasteiger charge is 2.19. The highest BCUT2D eigenvalue weighted by atomic mass is 16.1. The summed E-state index contributed by atoms with van der Waals surface area (Å²) < 4.78 is 0. The number of rotatable bonds is 4. The molecular weight excluding hydrogens is 188 g/mol. The molecule has 0 aromatic carbocycles. The van der Waals surface area contributed by atoms with E-state index in [4.69, 9.17) is 0 Å². The Morgan fingerprint density at radius 1 is 1.40 bits per heavy atom. The second-order valence-corrected chi connectivity index (χ2v) is 4.28. The van der Waals surface area contributed by atoms with Crippen LogP contribution in [0.1, 0.15) is 31.9 Å². The van der Waals surface area contributed by atoms with Gasteiger partial charge in [-0.15, -0.1) is 0 Å². The first-order chi connectivity index (χ1) is 7.06. The smallest absolute Gasteiger partial charge is 0.247 e. The van der Waals surface area contributed by atoms with Crippen LogP contribution in [-0.4, -0.2) is 24.0 Å². The molecule has 2 atom stereocenters. The largest absolute Gasteiger partial charge is 0.329 e. The normalized spacial score (nSPS) is 15.3. The third-order valence-electron chi connectivity index (χ3n) is 2.89. The van der Waals surface area contributed by atoms with E-state index in [2.05, 4.69) is 37.8 Å². The predicted molar refractivity (Wildman–Crippen MR) is 62.9 cm³/mol. The van der Waals surface area contributed by atoms with Crippen LogP contribution in [0, 0.1) is 5.92 Å². The van der Waals surface area contributed by atoms with Crippen LogP contribution in [0.5, 0.6) is 0 Å². The fourth-order valence-electron chi connectivity index (χ4n) is 1.97. The molecular formula is C12H20N2O. The van der Waals surface area contributed by atoms with Gasteiger partial charge >= 0.3 is 0 Å². The third-order valence-corrected chi connectivity index (χ3v) is 2.89. The zero-order valence-corrected chi connectivity index (χ0v) is 9.95. The zero-order valence-electron chi connectivity index (χ0n) is 9.95. The molecule has 0 saturated heterocycles. The van der Waals surface area contributed by atoms with E-state index < -0.39 is 0 Å². The zero-order chi connectivity index (χ0) is 11.4. The number of pyridine rings is 1. The van der Waals surface area contributed by atoms with Crippen LogP contribution in [0.2, 0.25) is 0 Å². The Hall–Kier alpha value is -1.09. The van der Waals surface area contributed by atoms with Crippen LogP contribution in [0.3, 0.4) is 0 Å². The summed E-state index contributed by atoms with van der Waals surface area (Å²) in [7, 11) is 4.14. The average Bonchev–Trinajstić information content (AvgIpc) is 2.20. The Morgan fingerprint density at radius 2 is 2.07 bits per heavy atom. The Labute approximate surface area is 91.1 Å². The molecule has 0 saturated carbocycles. The molecule has 0 radical (unpaired) electrons. The first-order valence-corrected chi connectivity index (χ1v) is 5.41. The lowest BCUT2D eigenvalue weighted by molar-refractivity contribution is 0.219. The van der Waals surface area contributed by atoms with Gasteiger partial charge in [-0.25, -0.2) is 0 Å². The number of H-pyrrole nitrogens is 1. The van der Waals surface area contributed by atoms with Crippen LogP contribution < -0.4 is 5.56 Å². The number of nitrogens with one attached hydrogen (secondary N) is 1. The average molecular weight is 208 g/mol. The van der Waals surface area contributed by atoms with Crippen molar-refractivity contribution in [2.45, 2.75) is 26.3 Å². The lowest BCUT2D eigenvalue weighted by Crippen LogP contribution is -2.26. The maximum absolute atomic E-state index is 11.0. The highest BCUT2D eigenvalue weighted by Crippen LogP contribution is 2.27. The van der Waals surface area contributed by atoms with Crippen molar-refractivity contribution in [3.8, 4) is 0 Å². The van der Waals surface area contributed by atoms with Gasteiger partial charge in [-0.1, -0.05) is 26.3 Å². The highest BCUT2D eigenvalue weighted by molar-refractivity contribution is 5.14. The molecule has 3 nitrogen and oxygen atoms in total. The molecule has 0 bridgehead atoms. The Morgan fingerprint density at radius 3 is 2.47 bits per heavy atom. The molecule has 15 heavy (non-hydrogen) atoms. The van der Waals surface area contributed by atoms with Crippen LogP contribution in [0.25, 0.3) is 0 Å². The molecule has 0 aliphatic rings. The monoisotopic (exact) mass is 208 g/mol. The van der Waals surface area contributed by atoms with Crippen molar-refractivity contribution in [3.05, 3.63) is 34.2 Å². The minimum absolute atomic E-state index is 0.0413. The van der Waals surface area contributed by atoms with Crippen LogP contribution >= 0.6 is 0 Å². The topological polar surface area (TPSA) is 36.1 Å². The van der Waals surface area contributed by atoms with Crippen molar-refractivity contribution in [1.82, 2.24) is 9.88 Å². The Bertz CT molecular complexity index is 336. The van der Waals surface area contributed by atoms with E-state index in [1.54, 1.807) is 6.07 Å². The van der Waals surface area contributed by atoms with Crippen molar-refractivity contribution in [2.24, 2.45) is 5.92 Å². The molecule has 1 N–H and O–H groups in total. The molecule has 84 valence electrons. The van der Waals surface area contributed by atoms with E-state index in [0.717, 1.165) is 6.42 Å². The van der Waals surface area contributed by atoms with Gasteiger partial charge in [0.05, 0.1) is 0 Å². The Kier molecular flexibility index (Phi) is 4.09. The van der Waals surface area contributed by atoms with Crippen molar-refractivity contribution < 1.29 is 0 Å². The van der Waals surface area contributed by atoms with Gasteiger partial charge in [0, 0.05) is 18.3 Å². The summed E-state index contributed by atoms with van der Waals surface area (Å²) in [5.74, 6) is 0.575. The minimum Gasteiger partial charge on any atom is -0.329 e. The fraction of sp³-hybridized carbons (Fsp3) is 0.583. The Balaban J connectivity index is 2.99.